The molecule has 0 radical (unpaired) electrons. The van der Waals surface area contributed by atoms with E-state index in [2.05, 4.69) is 53.7 Å². The molecule has 3 aliphatic heterocycles. The maximum absolute atomic E-state index is 13.6. The number of carbonyl (C=O) groups is 1. The van der Waals surface area contributed by atoms with Crippen LogP contribution in [0.1, 0.15) is 52.2 Å². The number of rotatable bonds is 6. The van der Waals surface area contributed by atoms with Gasteiger partial charge in [0.2, 0.25) is 0 Å². The fourth-order valence-corrected chi connectivity index (χ4v) is 6.05. The third-order valence-electron chi connectivity index (χ3n) is 7.80. The minimum absolute atomic E-state index is 0.156. The Morgan fingerprint density at radius 1 is 1.22 bits per heavy atom. The summed E-state index contributed by atoms with van der Waals surface area (Å²) in [5.74, 6) is 1.65. The summed E-state index contributed by atoms with van der Waals surface area (Å²) in [6.45, 7) is 10.4. The molecule has 1 aromatic heterocycles. The molecule has 0 amide bonds. The van der Waals surface area contributed by atoms with E-state index in [-0.39, 0.29) is 11.7 Å². The Morgan fingerprint density at radius 3 is 2.81 bits per heavy atom. The summed E-state index contributed by atoms with van der Waals surface area (Å²) in [5, 5.41) is 1.19. The molecular weight excluding hydrogens is 392 g/mol. The van der Waals surface area contributed by atoms with Crippen molar-refractivity contribution in [1.29, 1.82) is 0 Å². The van der Waals surface area contributed by atoms with Gasteiger partial charge in [-0.1, -0.05) is 42.0 Å². The van der Waals surface area contributed by atoms with Gasteiger partial charge in [-0.3, -0.25) is 14.7 Å². The zero-order valence-electron chi connectivity index (χ0n) is 19.1. The number of benzene rings is 2. The molecule has 3 heteroatoms. The van der Waals surface area contributed by atoms with E-state index in [4.69, 9.17) is 0 Å². The fourth-order valence-electron chi connectivity index (χ4n) is 6.05. The minimum Gasteiger partial charge on any atom is -0.299 e. The van der Waals surface area contributed by atoms with Gasteiger partial charge in [-0.15, -0.1) is 6.58 Å². The number of aromatic nitrogens is 1. The first kappa shape index (κ1) is 21.1. The number of nitrogens with zero attached hydrogens (tertiary/aromatic N) is 2. The van der Waals surface area contributed by atoms with Gasteiger partial charge in [-0.25, -0.2) is 0 Å². The highest BCUT2D eigenvalue weighted by molar-refractivity contribution is 5.98. The van der Waals surface area contributed by atoms with Crippen LogP contribution in [0.5, 0.6) is 0 Å². The highest BCUT2D eigenvalue weighted by Gasteiger charge is 2.43. The van der Waals surface area contributed by atoms with E-state index in [1.165, 1.54) is 22.9 Å². The van der Waals surface area contributed by atoms with Gasteiger partial charge in [0.05, 0.1) is 5.52 Å². The van der Waals surface area contributed by atoms with Crippen LogP contribution in [0.2, 0.25) is 0 Å². The van der Waals surface area contributed by atoms with E-state index in [1.807, 2.05) is 37.4 Å². The first-order valence-corrected chi connectivity index (χ1v) is 11.9. The number of carbonyl (C=O) groups excluding carboxylic acids is 1. The lowest BCUT2D eigenvalue weighted by Crippen LogP contribution is -2.55. The molecule has 164 valence electrons. The number of hydrogen-bond donors (Lipinski definition) is 0. The van der Waals surface area contributed by atoms with Crippen LogP contribution in [0.3, 0.4) is 0 Å². The summed E-state index contributed by atoms with van der Waals surface area (Å²) in [4.78, 5) is 20.8. The SMILES string of the molecule is C=C[C@H]1CN2CC[C@H]1C[C@H]2[C@H](CC(=O)c1ccccc1C)c1ccnc2ccc(C)cc12. The molecule has 3 aliphatic rings. The number of pyridine rings is 1. The maximum Gasteiger partial charge on any atom is 0.163 e. The standard InChI is InChI=1S/C29H32N2O/c1-4-21-18-31-14-12-22(21)16-28(31)26(17-29(32)23-8-6-5-7-20(23)3)24-11-13-30-27-10-9-19(2)15-25(24)27/h4-11,13,15,21-22,26,28H,1,12,14,16-18H2,2-3H3/t21-,22-,26+,28-/m0/s1. The van der Waals surface area contributed by atoms with Crippen LogP contribution in [0, 0.1) is 25.7 Å². The molecule has 3 fully saturated rings. The second-order valence-corrected chi connectivity index (χ2v) is 9.72. The predicted molar refractivity (Wildman–Crippen MR) is 131 cm³/mol. The molecular formula is C29H32N2O. The lowest BCUT2D eigenvalue weighted by Gasteiger charge is -2.51. The zero-order valence-corrected chi connectivity index (χ0v) is 19.1. The highest BCUT2D eigenvalue weighted by atomic mass is 16.1. The highest BCUT2D eigenvalue weighted by Crippen LogP contribution is 2.44. The Hall–Kier alpha value is -2.78. The van der Waals surface area contributed by atoms with E-state index >= 15 is 0 Å². The van der Waals surface area contributed by atoms with Gasteiger partial charge >= 0.3 is 0 Å². The van der Waals surface area contributed by atoms with Crippen molar-refractivity contribution in [2.75, 3.05) is 13.1 Å². The minimum atomic E-state index is 0.156. The van der Waals surface area contributed by atoms with E-state index in [9.17, 15) is 4.79 Å². The Labute approximate surface area is 191 Å². The largest absolute Gasteiger partial charge is 0.299 e. The van der Waals surface area contributed by atoms with E-state index in [0.29, 0.717) is 24.3 Å². The van der Waals surface area contributed by atoms with Crippen molar-refractivity contribution >= 4 is 16.7 Å². The monoisotopic (exact) mass is 424 g/mol. The van der Waals surface area contributed by atoms with Crippen LogP contribution in [-0.4, -0.2) is 34.8 Å². The predicted octanol–water partition coefficient (Wildman–Crippen LogP) is 6.10. The summed E-state index contributed by atoms with van der Waals surface area (Å²) < 4.78 is 0. The Balaban J connectivity index is 1.57. The summed E-state index contributed by atoms with van der Waals surface area (Å²) >= 11 is 0. The van der Waals surface area contributed by atoms with Gasteiger partial charge in [-0.2, -0.15) is 0 Å². The summed E-state index contributed by atoms with van der Waals surface area (Å²) in [6, 6.07) is 17.0. The number of hydrogen-bond acceptors (Lipinski definition) is 3. The number of ketones is 1. The van der Waals surface area contributed by atoms with Crippen molar-refractivity contribution in [3.63, 3.8) is 0 Å². The molecule has 0 aliphatic carbocycles. The second-order valence-electron chi connectivity index (χ2n) is 9.72. The van der Waals surface area contributed by atoms with Gasteiger partial charge in [0.15, 0.2) is 5.78 Å². The maximum atomic E-state index is 13.6. The zero-order chi connectivity index (χ0) is 22.2. The lowest BCUT2D eigenvalue weighted by atomic mass is 9.70. The average Bonchev–Trinajstić information content (AvgIpc) is 2.82. The van der Waals surface area contributed by atoms with E-state index in [1.54, 1.807) is 0 Å². The fraction of sp³-hybridized carbons (Fsp3) is 0.379. The Kier molecular flexibility index (Phi) is 5.69. The number of Topliss-reactive ketones (excluding diaryl/α,β-unsaturated/α-hetero) is 1. The molecule has 4 heterocycles. The van der Waals surface area contributed by atoms with Gasteiger partial charge < -0.3 is 0 Å². The lowest BCUT2D eigenvalue weighted by molar-refractivity contribution is 0.00580. The van der Waals surface area contributed by atoms with Crippen molar-refractivity contribution in [2.24, 2.45) is 11.8 Å². The van der Waals surface area contributed by atoms with Crippen LogP contribution in [-0.2, 0) is 0 Å². The molecule has 6 rings (SSSR count). The van der Waals surface area contributed by atoms with Crippen molar-refractivity contribution < 1.29 is 4.79 Å². The summed E-state index contributed by atoms with van der Waals surface area (Å²) in [7, 11) is 0. The van der Waals surface area contributed by atoms with E-state index in [0.717, 1.165) is 36.2 Å². The first-order chi connectivity index (χ1) is 15.5. The Morgan fingerprint density at radius 2 is 2.06 bits per heavy atom. The van der Waals surface area contributed by atoms with Crippen LogP contribution in [0.15, 0.2) is 67.4 Å². The topological polar surface area (TPSA) is 33.2 Å². The van der Waals surface area contributed by atoms with Crippen molar-refractivity contribution in [3.8, 4) is 0 Å². The summed E-state index contributed by atoms with van der Waals surface area (Å²) in [6.07, 6.45) is 6.97. The third-order valence-corrected chi connectivity index (χ3v) is 7.80. The molecule has 3 aromatic rings. The van der Waals surface area contributed by atoms with Gasteiger partial charge in [0.25, 0.3) is 0 Å². The first-order valence-electron chi connectivity index (χ1n) is 11.9. The molecule has 0 spiro atoms. The summed E-state index contributed by atoms with van der Waals surface area (Å²) in [5.41, 5.74) is 5.43. The van der Waals surface area contributed by atoms with Gasteiger partial charge in [0.1, 0.15) is 0 Å². The van der Waals surface area contributed by atoms with Crippen LogP contribution >= 0.6 is 0 Å². The smallest absolute Gasteiger partial charge is 0.163 e. The normalized spacial score (nSPS) is 25.6. The van der Waals surface area contributed by atoms with E-state index < -0.39 is 0 Å². The molecule has 0 saturated carbocycles. The molecule has 3 nitrogen and oxygen atoms in total. The van der Waals surface area contributed by atoms with Crippen molar-refractivity contribution in [1.82, 2.24) is 9.88 Å². The second kappa shape index (κ2) is 8.63. The molecule has 2 aromatic carbocycles. The molecule has 32 heavy (non-hydrogen) atoms. The van der Waals surface area contributed by atoms with Crippen molar-refractivity contribution in [3.05, 3.63) is 89.6 Å². The number of piperidine rings is 3. The molecule has 3 saturated heterocycles. The molecule has 5 atom stereocenters. The molecule has 1 unspecified atom stereocenters. The third kappa shape index (κ3) is 3.80. The van der Waals surface area contributed by atoms with Crippen LogP contribution in [0.25, 0.3) is 10.9 Å². The number of fused-ring (bicyclic) bond motifs is 4. The van der Waals surface area contributed by atoms with Crippen molar-refractivity contribution in [2.45, 2.75) is 45.1 Å². The van der Waals surface area contributed by atoms with Crippen LogP contribution < -0.4 is 0 Å². The van der Waals surface area contributed by atoms with Gasteiger partial charge in [0, 0.05) is 42.1 Å². The quantitative estimate of drug-likeness (QED) is 0.354. The Bertz CT molecular complexity index is 1170. The number of aryl methyl sites for hydroxylation is 2. The molecule has 2 bridgehead atoms. The average molecular weight is 425 g/mol. The molecule has 0 N–H and O–H groups in total. The van der Waals surface area contributed by atoms with Gasteiger partial charge in [-0.05, 0) is 74.4 Å². The van der Waals surface area contributed by atoms with Crippen LogP contribution in [0.4, 0.5) is 0 Å².